The molecule has 2 heterocycles. The molecule has 0 saturated carbocycles. The number of aromatic nitrogens is 1. The van der Waals surface area contributed by atoms with E-state index in [-0.39, 0.29) is 17.7 Å². The molecule has 4 nitrogen and oxygen atoms in total. The van der Waals surface area contributed by atoms with E-state index in [0.717, 1.165) is 45.5 Å². The smallest absolute Gasteiger partial charge is 0.293 e. The molecule has 0 spiro atoms. The van der Waals surface area contributed by atoms with E-state index in [0.29, 0.717) is 9.93 Å². The van der Waals surface area contributed by atoms with Crippen molar-refractivity contribution in [2.45, 2.75) is 27.3 Å². The van der Waals surface area contributed by atoms with E-state index in [9.17, 15) is 9.59 Å². The highest BCUT2D eigenvalue weighted by Gasteiger charge is 2.35. The number of nitrogens with zero attached hydrogens (tertiary/aromatic N) is 2. The van der Waals surface area contributed by atoms with Crippen molar-refractivity contribution in [2.24, 2.45) is 0 Å². The lowest BCUT2D eigenvalue weighted by Gasteiger charge is -2.12. The van der Waals surface area contributed by atoms with Gasteiger partial charge in [-0.2, -0.15) is 0 Å². The third kappa shape index (κ3) is 3.95. The number of hydrogen-bond acceptors (Lipinski definition) is 3. The van der Waals surface area contributed by atoms with Crippen LogP contribution in [0.25, 0.3) is 11.8 Å². The summed E-state index contributed by atoms with van der Waals surface area (Å²) in [5.41, 5.74) is 6.01. The molecule has 0 radical (unpaired) electrons. The molecule has 0 atom stereocenters. The molecule has 1 saturated heterocycles. The largest absolute Gasteiger partial charge is 0.318 e. The van der Waals surface area contributed by atoms with Crippen molar-refractivity contribution in [1.29, 1.82) is 0 Å². The first-order valence-electron chi connectivity index (χ1n) is 9.59. The number of benzene rings is 2. The number of hydrogen-bond donors (Lipinski definition) is 0. The molecule has 2 aromatic carbocycles. The molecule has 4 rings (SSSR count). The fourth-order valence-corrected chi connectivity index (χ4v) is 4.65. The first-order valence-corrected chi connectivity index (χ1v) is 10.8. The molecular weight excluding hydrogens is 416 g/mol. The van der Waals surface area contributed by atoms with Gasteiger partial charge in [-0.05, 0) is 80.1 Å². The molecule has 6 heteroatoms. The molecule has 0 bridgehead atoms. The molecular formula is C24H21ClN2O2S. The molecule has 3 aromatic rings. The lowest BCUT2D eigenvalue weighted by atomic mass is 10.1. The van der Waals surface area contributed by atoms with Crippen molar-refractivity contribution in [1.82, 2.24) is 9.47 Å². The summed E-state index contributed by atoms with van der Waals surface area (Å²) in [7, 11) is 0. The summed E-state index contributed by atoms with van der Waals surface area (Å²) in [6, 6.07) is 17.5. The van der Waals surface area contributed by atoms with Crippen molar-refractivity contribution in [2.75, 3.05) is 0 Å². The fourth-order valence-electron chi connectivity index (χ4n) is 3.69. The molecule has 1 aliphatic heterocycles. The Balaban J connectivity index is 1.62. The number of carbonyl (C=O) groups excluding carboxylic acids is 2. The average molecular weight is 437 g/mol. The monoisotopic (exact) mass is 436 g/mol. The van der Waals surface area contributed by atoms with E-state index >= 15 is 0 Å². The highest BCUT2D eigenvalue weighted by Crippen LogP contribution is 2.34. The zero-order valence-electron chi connectivity index (χ0n) is 17.0. The van der Waals surface area contributed by atoms with E-state index in [1.54, 1.807) is 0 Å². The van der Waals surface area contributed by atoms with Crippen molar-refractivity contribution >= 4 is 40.6 Å². The summed E-state index contributed by atoms with van der Waals surface area (Å²) < 4.78 is 2.11. The maximum Gasteiger partial charge on any atom is 0.293 e. The summed E-state index contributed by atoms with van der Waals surface area (Å²) in [6.07, 6.45) is 1.82. The Morgan fingerprint density at radius 1 is 1.00 bits per heavy atom. The van der Waals surface area contributed by atoms with Gasteiger partial charge in [0.05, 0.1) is 11.4 Å². The van der Waals surface area contributed by atoms with Crippen LogP contribution in [-0.2, 0) is 11.3 Å². The standard InChI is InChI=1S/C24H21ClN2O2S/c1-15-5-4-6-18(11-15)14-26-23(28)22(30-24(26)29)13-19-12-16(2)27(17(19)3)21-9-7-20(25)8-10-21/h4-13H,14H2,1-3H3/b22-13-. The Morgan fingerprint density at radius 3 is 2.43 bits per heavy atom. The van der Waals surface area contributed by atoms with Gasteiger partial charge in [-0.15, -0.1) is 0 Å². The molecule has 2 amide bonds. The van der Waals surface area contributed by atoms with Gasteiger partial charge in [0.2, 0.25) is 0 Å². The van der Waals surface area contributed by atoms with Gasteiger partial charge in [0.1, 0.15) is 0 Å². The maximum atomic E-state index is 12.9. The van der Waals surface area contributed by atoms with Crippen molar-refractivity contribution in [3.8, 4) is 5.69 Å². The summed E-state index contributed by atoms with van der Waals surface area (Å²) in [5, 5.41) is 0.447. The van der Waals surface area contributed by atoms with E-state index in [1.165, 1.54) is 4.90 Å². The summed E-state index contributed by atoms with van der Waals surface area (Å²) >= 11 is 7.01. The molecule has 30 heavy (non-hydrogen) atoms. The quantitative estimate of drug-likeness (QED) is 0.451. The highest BCUT2D eigenvalue weighted by atomic mass is 35.5. The van der Waals surface area contributed by atoms with Crippen LogP contribution in [0.1, 0.15) is 28.1 Å². The van der Waals surface area contributed by atoms with Crippen LogP contribution in [0, 0.1) is 20.8 Å². The first kappa shape index (κ1) is 20.5. The van der Waals surface area contributed by atoms with Crippen LogP contribution in [0.5, 0.6) is 0 Å². The first-order chi connectivity index (χ1) is 14.3. The minimum atomic E-state index is -0.247. The van der Waals surface area contributed by atoms with Crippen molar-refractivity contribution in [3.05, 3.63) is 92.6 Å². The van der Waals surface area contributed by atoms with Crippen LogP contribution < -0.4 is 0 Å². The molecule has 152 valence electrons. The highest BCUT2D eigenvalue weighted by molar-refractivity contribution is 8.18. The van der Waals surface area contributed by atoms with E-state index in [1.807, 2.05) is 81.4 Å². The van der Waals surface area contributed by atoms with Gasteiger partial charge in [0, 0.05) is 22.1 Å². The average Bonchev–Trinajstić information content (AvgIpc) is 3.13. The normalized spacial score (nSPS) is 15.5. The Bertz CT molecular complexity index is 1180. The van der Waals surface area contributed by atoms with Gasteiger partial charge in [-0.1, -0.05) is 41.4 Å². The number of thioether (sulfide) groups is 1. The molecule has 0 N–H and O–H groups in total. The third-order valence-corrected chi connectivity index (χ3v) is 6.30. The van der Waals surface area contributed by atoms with Gasteiger partial charge in [-0.3, -0.25) is 14.5 Å². The van der Waals surface area contributed by atoms with Gasteiger partial charge in [-0.25, -0.2) is 0 Å². The summed E-state index contributed by atoms with van der Waals surface area (Å²) in [5.74, 6) is -0.247. The van der Waals surface area contributed by atoms with Crippen LogP contribution in [0.15, 0.2) is 59.5 Å². The topological polar surface area (TPSA) is 42.3 Å². The summed E-state index contributed by atoms with van der Waals surface area (Å²) in [6.45, 7) is 6.30. The van der Waals surface area contributed by atoms with Gasteiger partial charge < -0.3 is 4.57 Å². The van der Waals surface area contributed by atoms with Gasteiger partial charge >= 0.3 is 0 Å². The Hall–Kier alpha value is -2.76. The second-order valence-electron chi connectivity index (χ2n) is 7.40. The number of halogens is 1. The molecule has 1 fully saturated rings. The lowest BCUT2D eigenvalue weighted by molar-refractivity contribution is -0.123. The Labute approximate surface area is 185 Å². The van der Waals surface area contributed by atoms with Gasteiger partial charge in [0.15, 0.2) is 0 Å². The van der Waals surface area contributed by atoms with Crippen molar-refractivity contribution in [3.63, 3.8) is 0 Å². The number of carbonyl (C=O) groups is 2. The van der Waals surface area contributed by atoms with Gasteiger partial charge in [0.25, 0.3) is 11.1 Å². The molecule has 0 aliphatic carbocycles. The van der Waals surface area contributed by atoms with Crippen LogP contribution in [-0.4, -0.2) is 20.6 Å². The van der Waals surface area contributed by atoms with E-state index < -0.39 is 0 Å². The minimum absolute atomic E-state index is 0.237. The number of amides is 2. The molecule has 1 aromatic heterocycles. The minimum Gasteiger partial charge on any atom is -0.318 e. The number of rotatable bonds is 4. The Morgan fingerprint density at radius 2 is 1.73 bits per heavy atom. The lowest BCUT2D eigenvalue weighted by Crippen LogP contribution is -2.27. The molecule has 1 aliphatic rings. The second kappa shape index (κ2) is 8.17. The van der Waals surface area contributed by atoms with Crippen molar-refractivity contribution < 1.29 is 9.59 Å². The van der Waals surface area contributed by atoms with Crippen LogP contribution >= 0.6 is 23.4 Å². The SMILES string of the molecule is Cc1cccc(CN2C(=O)S/C(=C\c3cc(C)n(-c4ccc(Cl)cc4)c3C)C2=O)c1. The van der Waals surface area contributed by atoms with E-state index in [2.05, 4.69) is 4.57 Å². The molecule has 0 unspecified atom stereocenters. The van der Waals surface area contributed by atoms with E-state index in [4.69, 9.17) is 11.6 Å². The van der Waals surface area contributed by atoms with Crippen LogP contribution in [0.4, 0.5) is 4.79 Å². The third-order valence-electron chi connectivity index (χ3n) is 5.14. The Kier molecular flexibility index (Phi) is 5.58. The fraction of sp³-hybridized carbons (Fsp3) is 0.167. The maximum absolute atomic E-state index is 12.9. The zero-order valence-corrected chi connectivity index (χ0v) is 18.6. The predicted molar refractivity (Wildman–Crippen MR) is 123 cm³/mol. The second-order valence-corrected chi connectivity index (χ2v) is 8.82. The van der Waals surface area contributed by atoms with Crippen LogP contribution in [0.3, 0.4) is 0 Å². The zero-order chi connectivity index (χ0) is 21.4. The van der Waals surface area contributed by atoms with Crippen LogP contribution in [0.2, 0.25) is 5.02 Å². The summed E-state index contributed by atoms with van der Waals surface area (Å²) in [4.78, 5) is 27.2. The number of aryl methyl sites for hydroxylation is 2. The predicted octanol–water partition coefficient (Wildman–Crippen LogP) is 6.29. The number of imide groups is 1.